The highest BCUT2D eigenvalue weighted by Crippen LogP contribution is 2.30. The van der Waals surface area contributed by atoms with Crippen molar-refractivity contribution < 1.29 is 4.79 Å². The molecular weight excluding hydrogens is 482 g/mol. The van der Waals surface area contributed by atoms with Gasteiger partial charge in [-0.25, -0.2) is 4.98 Å². The number of nitriles is 2. The van der Waals surface area contributed by atoms with E-state index >= 15 is 0 Å². The molecule has 0 saturated carbocycles. The molecule has 1 amide bonds. The van der Waals surface area contributed by atoms with Crippen LogP contribution in [0.3, 0.4) is 0 Å². The molecule has 2 N–H and O–H groups in total. The highest BCUT2D eigenvalue weighted by molar-refractivity contribution is 7.15. The molecule has 2 heterocycles. The summed E-state index contributed by atoms with van der Waals surface area (Å²) < 4.78 is 1.87. The van der Waals surface area contributed by atoms with Gasteiger partial charge in [0.2, 0.25) is 0 Å². The summed E-state index contributed by atoms with van der Waals surface area (Å²) >= 11 is 1.54. The minimum atomic E-state index is -0.176. The Hall–Kier alpha value is -4.05. The maximum Gasteiger partial charge on any atom is 0.257 e. The Morgan fingerprint density at radius 1 is 1.30 bits per heavy atom. The quantitative estimate of drug-likeness (QED) is 0.432. The van der Waals surface area contributed by atoms with Gasteiger partial charge < -0.3 is 5.32 Å². The predicted molar refractivity (Wildman–Crippen MR) is 142 cm³/mol. The van der Waals surface area contributed by atoms with E-state index in [1.165, 1.54) is 16.2 Å². The molecule has 0 fully saturated rings. The van der Waals surface area contributed by atoms with Crippen molar-refractivity contribution in [2.24, 2.45) is 0 Å². The fourth-order valence-corrected chi connectivity index (χ4v) is 5.79. The van der Waals surface area contributed by atoms with Crippen LogP contribution in [0, 0.1) is 22.7 Å². The summed E-state index contributed by atoms with van der Waals surface area (Å²) in [5.74, 6) is 0.0425. The van der Waals surface area contributed by atoms with Crippen molar-refractivity contribution in [3.05, 3.63) is 87.7 Å². The van der Waals surface area contributed by atoms with Crippen LogP contribution in [0.4, 0.5) is 5.13 Å². The van der Waals surface area contributed by atoms with Crippen molar-refractivity contribution in [1.82, 2.24) is 20.1 Å². The van der Waals surface area contributed by atoms with Crippen molar-refractivity contribution >= 4 is 22.4 Å². The van der Waals surface area contributed by atoms with Crippen LogP contribution in [0.25, 0.3) is 0 Å². The largest absolute Gasteiger partial charge is 0.313 e. The first-order chi connectivity index (χ1) is 18.1. The van der Waals surface area contributed by atoms with Gasteiger partial charge in [-0.15, -0.1) is 11.3 Å². The average Bonchev–Trinajstić information content (AvgIpc) is 3.55. The number of hydrogen-bond acceptors (Lipinski definition) is 7. The van der Waals surface area contributed by atoms with Crippen LogP contribution in [0.2, 0.25) is 0 Å². The van der Waals surface area contributed by atoms with Crippen LogP contribution < -0.4 is 10.6 Å². The average molecular weight is 510 g/mol. The standard InChI is InChI=1S/C28H27N7OS/c29-11-2-12-31-24-9-10-25-26(14-24)37-28(33-25)34-27(36)22-4-1-3-20(13-22)17-35-18-23(16-32-35)21-7-5-19(15-30)6-8-21/h1,3-7,13,16,18,21,24,31H,2,8-10,12,14,17H2,(H,33,34,36)/t21?,24-/m0/s1. The number of nitrogens with zero attached hydrogens (tertiary/aromatic N) is 5. The first-order valence-corrected chi connectivity index (χ1v) is 13.2. The predicted octanol–water partition coefficient (Wildman–Crippen LogP) is 4.49. The molecule has 2 atom stereocenters. The molecule has 0 saturated heterocycles. The van der Waals surface area contributed by atoms with Gasteiger partial charge in [0.1, 0.15) is 0 Å². The summed E-state index contributed by atoms with van der Waals surface area (Å²) in [6, 6.07) is 12.3. The van der Waals surface area contributed by atoms with Gasteiger partial charge in [0, 0.05) is 47.1 Å². The zero-order valence-electron chi connectivity index (χ0n) is 20.4. The second kappa shape index (κ2) is 11.3. The van der Waals surface area contributed by atoms with E-state index in [4.69, 9.17) is 10.5 Å². The van der Waals surface area contributed by atoms with Gasteiger partial charge in [0.15, 0.2) is 5.13 Å². The number of anilines is 1. The van der Waals surface area contributed by atoms with Crippen LogP contribution in [-0.2, 0) is 19.4 Å². The van der Waals surface area contributed by atoms with Crippen LogP contribution >= 0.6 is 11.3 Å². The number of nitrogens with one attached hydrogen (secondary N) is 2. The van der Waals surface area contributed by atoms with Gasteiger partial charge in [0.05, 0.1) is 30.6 Å². The molecule has 9 heteroatoms. The summed E-state index contributed by atoms with van der Waals surface area (Å²) in [4.78, 5) is 18.8. The minimum Gasteiger partial charge on any atom is -0.313 e. The van der Waals surface area contributed by atoms with E-state index in [0.29, 0.717) is 41.8 Å². The van der Waals surface area contributed by atoms with Crippen molar-refractivity contribution in [1.29, 1.82) is 10.5 Å². The Balaban J connectivity index is 1.19. The number of hydrogen-bond donors (Lipinski definition) is 2. The van der Waals surface area contributed by atoms with Crippen molar-refractivity contribution in [3.63, 3.8) is 0 Å². The van der Waals surface area contributed by atoms with Crippen LogP contribution in [0.1, 0.15) is 57.2 Å². The van der Waals surface area contributed by atoms with E-state index in [0.717, 1.165) is 42.5 Å². The maximum atomic E-state index is 13.0. The maximum absolute atomic E-state index is 13.0. The second-order valence-electron chi connectivity index (χ2n) is 9.29. The van der Waals surface area contributed by atoms with Crippen molar-refractivity contribution in [2.75, 3.05) is 11.9 Å². The van der Waals surface area contributed by atoms with Crippen molar-refractivity contribution in [3.8, 4) is 12.1 Å². The van der Waals surface area contributed by atoms with Crippen molar-refractivity contribution in [2.45, 2.75) is 50.6 Å². The third-order valence-corrected chi connectivity index (χ3v) is 7.71. The number of thiazole rings is 1. The lowest BCUT2D eigenvalue weighted by Crippen LogP contribution is -2.34. The van der Waals surface area contributed by atoms with Gasteiger partial charge in [-0.2, -0.15) is 15.6 Å². The number of amides is 1. The Bertz CT molecular complexity index is 1440. The molecule has 5 rings (SSSR count). The third kappa shape index (κ3) is 6.03. The lowest BCUT2D eigenvalue weighted by atomic mass is 9.92. The Morgan fingerprint density at radius 2 is 2.22 bits per heavy atom. The number of carbonyl (C=O) groups is 1. The van der Waals surface area contributed by atoms with Gasteiger partial charge in [-0.05, 0) is 55.0 Å². The topological polar surface area (TPSA) is 119 Å². The normalized spacial score (nSPS) is 18.4. The molecule has 0 spiro atoms. The summed E-state index contributed by atoms with van der Waals surface area (Å²) in [7, 11) is 0. The molecule has 1 unspecified atom stereocenters. The number of aromatic nitrogens is 3. The molecule has 0 aliphatic heterocycles. The van der Waals surface area contributed by atoms with Gasteiger partial charge in [0.25, 0.3) is 5.91 Å². The first kappa shape index (κ1) is 24.6. The highest BCUT2D eigenvalue weighted by Gasteiger charge is 2.23. The summed E-state index contributed by atoms with van der Waals surface area (Å²) in [5, 5.41) is 29.3. The molecule has 2 aliphatic carbocycles. The molecule has 186 valence electrons. The van der Waals surface area contributed by atoms with Gasteiger partial charge in [-0.1, -0.05) is 24.3 Å². The van der Waals surface area contributed by atoms with Crippen LogP contribution in [0.5, 0.6) is 0 Å². The molecular formula is C28H27N7OS. The van der Waals surface area contributed by atoms with E-state index in [1.54, 1.807) is 0 Å². The molecule has 3 aromatic rings. The summed E-state index contributed by atoms with van der Waals surface area (Å²) in [5.41, 5.74) is 4.43. The number of carbonyl (C=O) groups excluding carboxylic acids is 1. The fraction of sp³-hybridized carbons (Fsp3) is 0.321. The molecule has 37 heavy (non-hydrogen) atoms. The Kier molecular flexibility index (Phi) is 7.55. The van der Waals surface area contributed by atoms with E-state index in [9.17, 15) is 4.79 Å². The number of aryl methyl sites for hydroxylation is 1. The van der Waals surface area contributed by atoms with Gasteiger partial charge in [-0.3, -0.25) is 14.8 Å². The monoisotopic (exact) mass is 509 g/mol. The van der Waals surface area contributed by atoms with Crippen LogP contribution in [0.15, 0.2) is 60.5 Å². The zero-order valence-corrected chi connectivity index (χ0v) is 21.2. The second-order valence-corrected chi connectivity index (χ2v) is 10.4. The van der Waals surface area contributed by atoms with E-state index < -0.39 is 0 Å². The molecule has 0 bridgehead atoms. The zero-order chi connectivity index (χ0) is 25.6. The Morgan fingerprint density at radius 3 is 3.03 bits per heavy atom. The highest BCUT2D eigenvalue weighted by atomic mass is 32.1. The fourth-order valence-electron chi connectivity index (χ4n) is 4.71. The molecule has 8 nitrogen and oxygen atoms in total. The Labute approximate surface area is 220 Å². The molecule has 1 aromatic carbocycles. The molecule has 0 radical (unpaired) electrons. The molecule has 2 aromatic heterocycles. The SMILES string of the molecule is N#CCCN[C@H]1CCc2nc(NC(=O)c3cccc(Cn4cc(C5C=CC(C#N)=CC5)cn4)c3)sc2C1. The van der Waals surface area contributed by atoms with Crippen LogP contribution in [-0.4, -0.2) is 33.3 Å². The smallest absolute Gasteiger partial charge is 0.257 e. The summed E-state index contributed by atoms with van der Waals surface area (Å²) in [6.07, 6.45) is 13.8. The van der Waals surface area contributed by atoms with E-state index in [1.807, 2.05) is 59.6 Å². The summed E-state index contributed by atoms with van der Waals surface area (Å²) in [6.45, 7) is 1.26. The minimum absolute atomic E-state index is 0.176. The number of benzene rings is 1. The van der Waals surface area contributed by atoms with E-state index in [-0.39, 0.29) is 11.8 Å². The molecule has 2 aliphatic rings. The number of rotatable bonds is 8. The lowest BCUT2D eigenvalue weighted by Gasteiger charge is -2.21. The lowest BCUT2D eigenvalue weighted by molar-refractivity contribution is 0.102. The van der Waals surface area contributed by atoms with E-state index in [2.05, 4.69) is 32.9 Å². The number of allylic oxidation sites excluding steroid dienone is 4. The third-order valence-electron chi connectivity index (χ3n) is 6.67. The van der Waals surface area contributed by atoms with Gasteiger partial charge >= 0.3 is 0 Å². The number of fused-ring (bicyclic) bond motifs is 1. The first-order valence-electron chi connectivity index (χ1n) is 12.4.